The number of rotatable bonds is 3. The summed E-state index contributed by atoms with van der Waals surface area (Å²) in [4.78, 5) is 10.6. The summed E-state index contributed by atoms with van der Waals surface area (Å²) in [5.74, 6) is -0.372. The van der Waals surface area contributed by atoms with Gasteiger partial charge in [-0.15, -0.1) is 0 Å². The number of carbonyl (C=O) groups is 1. The van der Waals surface area contributed by atoms with Gasteiger partial charge in [0, 0.05) is 6.42 Å². The van der Waals surface area contributed by atoms with Gasteiger partial charge in [0.15, 0.2) is 0 Å². The summed E-state index contributed by atoms with van der Waals surface area (Å²) < 4.78 is 1.85. The Morgan fingerprint density at radius 2 is 2.19 bits per heavy atom. The van der Waals surface area contributed by atoms with Crippen LogP contribution in [-0.2, 0) is 4.79 Å². The Balaban J connectivity index is 1.90. The molecule has 0 aromatic carbocycles. The molecular weight excluding hydrogens is 228 g/mol. The third-order valence-corrected chi connectivity index (χ3v) is 3.55. The third-order valence-electron chi connectivity index (χ3n) is 3.25. The third kappa shape index (κ3) is 2.55. The van der Waals surface area contributed by atoms with E-state index in [1.165, 1.54) is 0 Å². The Hall–Kier alpha value is -1.03. The van der Waals surface area contributed by atoms with Crippen LogP contribution < -0.4 is 0 Å². The average Bonchev–Trinajstić information content (AvgIpc) is 2.65. The molecule has 0 aliphatic heterocycles. The van der Waals surface area contributed by atoms with Crippen LogP contribution in [0.15, 0.2) is 12.3 Å². The molecule has 1 aliphatic carbocycles. The van der Waals surface area contributed by atoms with Crippen LogP contribution in [0.2, 0.25) is 5.15 Å². The molecule has 0 amide bonds. The van der Waals surface area contributed by atoms with Crippen molar-refractivity contribution in [3.8, 4) is 0 Å². The van der Waals surface area contributed by atoms with Crippen molar-refractivity contribution in [2.45, 2.75) is 38.1 Å². The predicted molar refractivity (Wildman–Crippen MR) is 60.5 cm³/mol. The number of carboxylic acid groups (broad SMARTS) is 1. The number of hydrogen-bond donors (Lipinski definition) is 1. The SMILES string of the molecule is O=C(O)CC1CCC(n2nccc2Cl)CC1. The molecule has 1 heterocycles. The molecule has 1 aromatic rings. The quantitative estimate of drug-likeness (QED) is 0.887. The summed E-state index contributed by atoms with van der Waals surface area (Å²) in [6.07, 6.45) is 5.84. The van der Waals surface area contributed by atoms with Gasteiger partial charge in [-0.1, -0.05) is 11.6 Å². The van der Waals surface area contributed by atoms with Crippen molar-refractivity contribution in [3.63, 3.8) is 0 Å². The maximum atomic E-state index is 10.6. The first-order valence-electron chi connectivity index (χ1n) is 5.57. The van der Waals surface area contributed by atoms with Crippen LogP contribution in [0, 0.1) is 5.92 Å². The maximum Gasteiger partial charge on any atom is 0.303 e. The molecule has 1 aliphatic rings. The van der Waals surface area contributed by atoms with Crippen molar-refractivity contribution in [3.05, 3.63) is 17.4 Å². The largest absolute Gasteiger partial charge is 0.481 e. The predicted octanol–water partition coefficient (Wildman–Crippen LogP) is 2.74. The van der Waals surface area contributed by atoms with Crippen molar-refractivity contribution in [1.82, 2.24) is 9.78 Å². The highest BCUT2D eigenvalue weighted by molar-refractivity contribution is 6.29. The fourth-order valence-electron chi connectivity index (χ4n) is 2.41. The van der Waals surface area contributed by atoms with E-state index in [0.717, 1.165) is 25.7 Å². The molecule has 1 N–H and O–H groups in total. The second-order valence-electron chi connectivity index (χ2n) is 4.37. The number of carboxylic acids is 1. The molecule has 5 heteroatoms. The molecular formula is C11H15ClN2O2. The zero-order chi connectivity index (χ0) is 11.5. The number of nitrogens with zero attached hydrogens (tertiary/aromatic N) is 2. The summed E-state index contributed by atoms with van der Waals surface area (Å²) in [5.41, 5.74) is 0. The van der Waals surface area contributed by atoms with Gasteiger partial charge in [0.25, 0.3) is 0 Å². The topological polar surface area (TPSA) is 55.1 Å². The molecule has 88 valence electrons. The van der Waals surface area contributed by atoms with Gasteiger partial charge in [-0.3, -0.25) is 9.48 Å². The van der Waals surface area contributed by atoms with Crippen molar-refractivity contribution >= 4 is 17.6 Å². The molecule has 0 radical (unpaired) electrons. The van der Waals surface area contributed by atoms with Crippen LogP contribution in [0.5, 0.6) is 0 Å². The lowest BCUT2D eigenvalue weighted by molar-refractivity contribution is -0.138. The molecule has 1 aromatic heterocycles. The molecule has 0 spiro atoms. The smallest absolute Gasteiger partial charge is 0.303 e. The van der Waals surface area contributed by atoms with Crippen LogP contribution in [-0.4, -0.2) is 20.9 Å². The fourth-order valence-corrected chi connectivity index (χ4v) is 2.65. The van der Waals surface area contributed by atoms with Gasteiger partial charge in [-0.05, 0) is 37.7 Å². The lowest BCUT2D eigenvalue weighted by Crippen LogP contribution is -2.20. The Kier molecular flexibility index (Phi) is 3.49. The molecule has 2 rings (SSSR count). The van der Waals surface area contributed by atoms with Gasteiger partial charge in [-0.2, -0.15) is 5.10 Å². The number of halogens is 1. The van der Waals surface area contributed by atoms with Crippen LogP contribution in [0.4, 0.5) is 0 Å². The van der Waals surface area contributed by atoms with Gasteiger partial charge >= 0.3 is 5.97 Å². The van der Waals surface area contributed by atoms with Gasteiger partial charge in [-0.25, -0.2) is 0 Å². The molecule has 1 saturated carbocycles. The summed E-state index contributed by atoms with van der Waals surface area (Å²) in [5, 5.41) is 13.6. The standard InChI is InChI=1S/C11H15ClN2O2/c12-10-5-6-13-14(10)9-3-1-8(2-4-9)7-11(15)16/h5-6,8-9H,1-4,7H2,(H,15,16). The van der Waals surface area contributed by atoms with Crippen LogP contribution in [0.3, 0.4) is 0 Å². The lowest BCUT2D eigenvalue weighted by atomic mass is 9.84. The first-order valence-corrected chi connectivity index (χ1v) is 5.95. The number of hydrogen-bond acceptors (Lipinski definition) is 2. The number of aliphatic carboxylic acids is 1. The number of aromatic nitrogens is 2. The summed E-state index contributed by atoms with van der Waals surface area (Å²) >= 11 is 6.00. The highest BCUT2D eigenvalue weighted by Gasteiger charge is 2.25. The van der Waals surface area contributed by atoms with Gasteiger partial charge in [0.05, 0.1) is 12.2 Å². The Labute approximate surface area is 99.2 Å². The van der Waals surface area contributed by atoms with E-state index < -0.39 is 5.97 Å². The summed E-state index contributed by atoms with van der Waals surface area (Å²) in [6, 6.07) is 2.12. The minimum absolute atomic E-state index is 0.291. The van der Waals surface area contributed by atoms with E-state index in [-0.39, 0.29) is 0 Å². The van der Waals surface area contributed by atoms with Crippen molar-refractivity contribution in [2.75, 3.05) is 0 Å². The van der Waals surface area contributed by atoms with Gasteiger partial charge < -0.3 is 5.11 Å². The Morgan fingerprint density at radius 3 is 2.69 bits per heavy atom. The molecule has 0 atom stereocenters. The van der Waals surface area contributed by atoms with E-state index in [1.807, 2.05) is 4.68 Å². The highest BCUT2D eigenvalue weighted by Crippen LogP contribution is 2.34. The van der Waals surface area contributed by atoms with Crippen LogP contribution in [0.25, 0.3) is 0 Å². The van der Waals surface area contributed by atoms with E-state index in [0.29, 0.717) is 23.5 Å². The zero-order valence-corrected chi connectivity index (χ0v) is 9.73. The average molecular weight is 243 g/mol. The minimum atomic E-state index is -0.694. The lowest BCUT2D eigenvalue weighted by Gasteiger charge is -2.28. The summed E-state index contributed by atoms with van der Waals surface area (Å²) in [7, 11) is 0. The molecule has 16 heavy (non-hydrogen) atoms. The fraction of sp³-hybridized carbons (Fsp3) is 0.636. The normalized spacial score (nSPS) is 25.6. The second-order valence-corrected chi connectivity index (χ2v) is 4.76. The zero-order valence-electron chi connectivity index (χ0n) is 8.97. The molecule has 0 bridgehead atoms. The first kappa shape index (κ1) is 11.5. The van der Waals surface area contributed by atoms with Crippen LogP contribution in [0.1, 0.15) is 38.1 Å². The van der Waals surface area contributed by atoms with E-state index in [2.05, 4.69) is 5.10 Å². The molecule has 1 fully saturated rings. The molecule has 4 nitrogen and oxygen atoms in total. The molecule has 0 saturated heterocycles. The van der Waals surface area contributed by atoms with Crippen molar-refractivity contribution < 1.29 is 9.90 Å². The summed E-state index contributed by atoms with van der Waals surface area (Å²) in [6.45, 7) is 0. The van der Waals surface area contributed by atoms with Gasteiger partial charge in [0.2, 0.25) is 0 Å². The maximum absolute atomic E-state index is 10.6. The monoisotopic (exact) mass is 242 g/mol. The Bertz CT molecular complexity index is 370. The van der Waals surface area contributed by atoms with Crippen molar-refractivity contribution in [2.24, 2.45) is 5.92 Å². The Morgan fingerprint density at radius 1 is 1.50 bits per heavy atom. The highest BCUT2D eigenvalue weighted by atomic mass is 35.5. The van der Waals surface area contributed by atoms with Gasteiger partial charge in [0.1, 0.15) is 5.15 Å². The van der Waals surface area contributed by atoms with Crippen LogP contribution >= 0.6 is 11.6 Å². The van der Waals surface area contributed by atoms with E-state index >= 15 is 0 Å². The van der Waals surface area contributed by atoms with E-state index in [1.54, 1.807) is 12.3 Å². The first-order chi connectivity index (χ1) is 7.66. The van der Waals surface area contributed by atoms with E-state index in [4.69, 9.17) is 16.7 Å². The molecule has 0 unspecified atom stereocenters. The minimum Gasteiger partial charge on any atom is -0.481 e. The second kappa shape index (κ2) is 4.87. The van der Waals surface area contributed by atoms with E-state index in [9.17, 15) is 4.79 Å². The van der Waals surface area contributed by atoms with Crippen molar-refractivity contribution in [1.29, 1.82) is 0 Å².